The van der Waals surface area contributed by atoms with Gasteiger partial charge in [0.25, 0.3) is 0 Å². The van der Waals surface area contributed by atoms with E-state index in [1.807, 2.05) is 0 Å². The molecule has 0 heterocycles. The van der Waals surface area contributed by atoms with Gasteiger partial charge in [0, 0.05) is 12.2 Å². The molecule has 0 aromatic heterocycles. The first kappa shape index (κ1) is 25.4. The molecule has 0 aliphatic carbocycles. The average molecular weight is 398 g/mol. The van der Waals surface area contributed by atoms with Gasteiger partial charge in [0.1, 0.15) is 0 Å². The first-order valence-corrected chi connectivity index (χ1v) is 9.39. The van der Waals surface area contributed by atoms with Crippen LogP contribution in [0.4, 0.5) is 0 Å². The molecule has 0 spiro atoms. The molecule has 8 heteroatoms. The fourth-order valence-corrected chi connectivity index (χ4v) is 1.84. The Labute approximate surface area is 165 Å². The lowest BCUT2D eigenvalue weighted by Gasteiger charge is -2.06. The summed E-state index contributed by atoms with van der Waals surface area (Å²) in [7, 11) is 0. The first-order chi connectivity index (χ1) is 13.5. The van der Waals surface area contributed by atoms with Crippen LogP contribution in [0, 0.1) is 0 Å². The summed E-state index contributed by atoms with van der Waals surface area (Å²) < 4.78 is 19.8. The SMILES string of the molecule is CC=CC(=O)OCCCCOC(=O)CCC(=O)OCCCCOC(=O)C=CC. The summed E-state index contributed by atoms with van der Waals surface area (Å²) >= 11 is 0. The molecule has 0 unspecified atom stereocenters. The second-order valence-electron chi connectivity index (χ2n) is 5.69. The van der Waals surface area contributed by atoms with Gasteiger partial charge in [-0.1, -0.05) is 12.2 Å². The maximum absolute atomic E-state index is 11.5. The van der Waals surface area contributed by atoms with E-state index in [9.17, 15) is 19.2 Å². The smallest absolute Gasteiger partial charge is 0.330 e. The Morgan fingerprint density at radius 1 is 0.571 bits per heavy atom. The van der Waals surface area contributed by atoms with Crippen LogP contribution in [0.2, 0.25) is 0 Å². The lowest BCUT2D eigenvalue weighted by atomic mass is 10.3. The highest BCUT2D eigenvalue weighted by molar-refractivity contribution is 5.82. The van der Waals surface area contributed by atoms with Crippen LogP contribution >= 0.6 is 0 Å². The van der Waals surface area contributed by atoms with Crippen LogP contribution in [0.25, 0.3) is 0 Å². The topological polar surface area (TPSA) is 105 Å². The Balaban J connectivity index is 3.52. The van der Waals surface area contributed by atoms with E-state index in [2.05, 4.69) is 0 Å². The molecular formula is C20H30O8. The third kappa shape index (κ3) is 16.8. The van der Waals surface area contributed by atoms with E-state index in [4.69, 9.17) is 18.9 Å². The van der Waals surface area contributed by atoms with Gasteiger partial charge in [0.2, 0.25) is 0 Å². The van der Waals surface area contributed by atoms with Gasteiger partial charge < -0.3 is 18.9 Å². The fourth-order valence-electron chi connectivity index (χ4n) is 1.84. The van der Waals surface area contributed by atoms with E-state index < -0.39 is 23.9 Å². The molecule has 28 heavy (non-hydrogen) atoms. The molecule has 0 amide bonds. The molecule has 8 nitrogen and oxygen atoms in total. The largest absolute Gasteiger partial charge is 0.466 e. The Kier molecular flexibility index (Phi) is 16.1. The Hall–Kier alpha value is -2.64. The van der Waals surface area contributed by atoms with Crippen molar-refractivity contribution in [3.05, 3.63) is 24.3 Å². The number of hydrogen-bond acceptors (Lipinski definition) is 8. The Bertz CT molecular complexity index is 488. The monoisotopic (exact) mass is 398 g/mol. The van der Waals surface area contributed by atoms with Crippen molar-refractivity contribution in [1.29, 1.82) is 0 Å². The van der Waals surface area contributed by atoms with Crippen molar-refractivity contribution >= 4 is 23.9 Å². The van der Waals surface area contributed by atoms with Crippen molar-refractivity contribution in [2.45, 2.75) is 52.4 Å². The van der Waals surface area contributed by atoms with E-state index >= 15 is 0 Å². The number of rotatable bonds is 15. The van der Waals surface area contributed by atoms with Gasteiger partial charge in [-0.3, -0.25) is 9.59 Å². The normalized spacial score (nSPS) is 10.8. The minimum atomic E-state index is -0.473. The molecule has 0 saturated heterocycles. The summed E-state index contributed by atoms with van der Waals surface area (Å²) in [5, 5.41) is 0. The minimum Gasteiger partial charge on any atom is -0.466 e. The Morgan fingerprint density at radius 3 is 1.21 bits per heavy atom. The van der Waals surface area contributed by atoms with Crippen molar-refractivity contribution in [3.8, 4) is 0 Å². The average Bonchev–Trinajstić information content (AvgIpc) is 2.66. The number of carbonyl (C=O) groups is 4. The first-order valence-electron chi connectivity index (χ1n) is 9.39. The van der Waals surface area contributed by atoms with Gasteiger partial charge in [-0.25, -0.2) is 9.59 Å². The molecule has 0 aliphatic rings. The van der Waals surface area contributed by atoms with Crippen LogP contribution in [-0.4, -0.2) is 50.3 Å². The fraction of sp³-hybridized carbons (Fsp3) is 0.600. The number of ether oxygens (including phenoxy) is 4. The minimum absolute atomic E-state index is 0.0456. The lowest BCUT2D eigenvalue weighted by molar-refractivity contribution is -0.150. The second-order valence-corrected chi connectivity index (χ2v) is 5.69. The van der Waals surface area contributed by atoms with E-state index in [1.165, 1.54) is 12.2 Å². The summed E-state index contributed by atoms with van der Waals surface area (Å²) in [6, 6.07) is 0. The highest BCUT2D eigenvalue weighted by Gasteiger charge is 2.09. The van der Waals surface area contributed by atoms with E-state index in [-0.39, 0.29) is 39.3 Å². The lowest BCUT2D eigenvalue weighted by Crippen LogP contribution is -2.12. The maximum atomic E-state index is 11.5. The van der Waals surface area contributed by atoms with Crippen molar-refractivity contribution in [3.63, 3.8) is 0 Å². The summed E-state index contributed by atoms with van der Waals surface area (Å²) in [6.07, 6.45) is 8.07. The molecule has 0 aromatic carbocycles. The van der Waals surface area contributed by atoms with Gasteiger partial charge >= 0.3 is 23.9 Å². The zero-order chi connectivity index (χ0) is 21.0. The molecule has 0 atom stereocenters. The van der Waals surface area contributed by atoms with E-state index in [1.54, 1.807) is 26.0 Å². The van der Waals surface area contributed by atoms with Crippen LogP contribution in [0.3, 0.4) is 0 Å². The predicted molar refractivity (Wildman–Crippen MR) is 101 cm³/mol. The molecule has 0 rings (SSSR count). The summed E-state index contributed by atoms with van der Waals surface area (Å²) in [5.41, 5.74) is 0. The maximum Gasteiger partial charge on any atom is 0.330 e. The highest BCUT2D eigenvalue weighted by atomic mass is 16.5. The number of carbonyl (C=O) groups excluding carboxylic acids is 4. The van der Waals surface area contributed by atoms with Gasteiger partial charge in [0.15, 0.2) is 0 Å². The summed E-state index contributed by atoms with van der Waals surface area (Å²) in [4.78, 5) is 45.2. The molecule has 0 aromatic rings. The van der Waals surface area contributed by atoms with Crippen LogP contribution < -0.4 is 0 Å². The van der Waals surface area contributed by atoms with E-state index in [0.717, 1.165) is 0 Å². The number of esters is 4. The van der Waals surface area contributed by atoms with Crippen LogP contribution in [0.1, 0.15) is 52.4 Å². The molecule has 0 radical (unpaired) electrons. The third-order valence-electron chi connectivity index (χ3n) is 3.23. The predicted octanol–water partition coefficient (Wildman–Crippen LogP) is 2.65. The highest BCUT2D eigenvalue weighted by Crippen LogP contribution is 2.00. The zero-order valence-corrected chi connectivity index (χ0v) is 16.6. The van der Waals surface area contributed by atoms with Crippen LogP contribution in [0.5, 0.6) is 0 Å². The molecule has 0 bridgehead atoms. The molecule has 0 aliphatic heterocycles. The quantitative estimate of drug-likeness (QED) is 0.179. The van der Waals surface area contributed by atoms with Gasteiger partial charge in [0.05, 0.1) is 39.3 Å². The van der Waals surface area contributed by atoms with Crippen molar-refractivity contribution in [2.75, 3.05) is 26.4 Å². The van der Waals surface area contributed by atoms with Gasteiger partial charge in [-0.05, 0) is 39.5 Å². The number of unbranched alkanes of at least 4 members (excludes halogenated alkanes) is 2. The number of allylic oxidation sites excluding steroid dienone is 2. The molecule has 158 valence electrons. The molecular weight excluding hydrogens is 368 g/mol. The van der Waals surface area contributed by atoms with Crippen molar-refractivity contribution < 1.29 is 38.1 Å². The Morgan fingerprint density at radius 2 is 0.893 bits per heavy atom. The van der Waals surface area contributed by atoms with Crippen molar-refractivity contribution in [2.24, 2.45) is 0 Å². The molecule has 0 fully saturated rings. The van der Waals surface area contributed by atoms with E-state index in [0.29, 0.717) is 25.7 Å². The summed E-state index contributed by atoms with van der Waals surface area (Å²) in [6.45, 7) is 4.40. The van der Waals surface area contributed by atoms with Gasteiger partial charge in [-0.15, -0.1) is 0 Å². The van der Waals surface area contributed by atoms with Crippen LogP contribution in [0.15, 0.2) is 24.3 Å². The molecule has 0 N–H and O–H groups in total. The zero-order valence-electron chi connectivity index (χ0n) is 16.6. The number of hydrogen-bond donors (Lipinski definition) is 0. The van der Waals surface area contributed by atoms with Crippen molar-refractivity contribution in [1.82, 2.24) is 0 Å². The second kappa shape index (κ2) is 17.8. The van der Waals surface area contributed by atoms with Gasteiger partial charge in [-0.2, -0.15) is 0 Å². The molecule has 0 saturated carbocycles. The van der Waals surface area contributed by atoms with Crippen LogP contribution in [-0.2, 0) is 38.1 Å². The standard InChI is InChI=1S/C20H30O8/c1-3-9-17(21)25-13-5-7-15-27-19(23)11-12-20(24)28-16-8-6-14-26-18(22)10-4-2/h3-4,9-10H,5-8,11-16H2,1-2H3. The third-order valence-corrected chi connectivity index (χ3v) is 3.23. The summed E-state index contributed by atoms with van der Waals surface area (Å²) in [5.74, 6) is -1.74.